The van der Waals surface area contributed by atoms with Crippen molar-refractivity contribution in [1.29, 1.82) is 0 Å². The van der Waals surface area contributed by atoms with E-state index < -0.39 is 0 Å². The summed E-state index contributed by atoms with van der Waals surface area (Å²) >= 11 is 0. The van der Waals surface area contributed by atoms with E-state index in [1.807, 2.05) is 42.5 Å². The van der Waals surface area contributed by atoms with Crippen LogP contribution in [0.15, 0.2) is 109 Å². The number of hydrogen-bond acceptors (Lipinski definition) is 5. The van der Waals surface area contributed by atoms with Crippen LogP contribution >= 0.6 is 0 Å². The molecule has 0 N–H and O–H groups in total. The molecule has 1 aliphatic rings. The second-order valence-electron chi connectivity index (χ2n) is 9.46. The maximum absolute atomic E-state index is 5.33. The van der Waals surface area contributed by atoms with Gasteiger partial charge in [-0.1, -0.05) is 42.5 Å². The molecular formula is C35H24IrN3O2-. The zero-order chi connectivity index (χ0) is 27.1. The summed E-state index contributed by atoms with van der Waals surface area (Å²) < 4.78 is 10.7. The summed E-state index contributed by atoms with van der Waals surface area (Å²) in [6.45, 7) is 0. The Morgan fingerprint density at radius 1 is 0.610 bits per heavy atom. The van der Waals surface area contributed by atoms with E-state index in [9.17, 15) is 0 Å². The summed E-state index contributed by atoms with van der Waals surface area (Å²) in [6.07, 6.45) is 3.45. The van der Waals surface area contributed by atoms with Crippen molar-refractivity contribution >= 4 is 32.7 Å². The number of benzene rings is 4. The summed E-state index contributed by atoms with van der Waals surface area (Å²) in [4.78, 5) is 13.6. The van der Waals surface area contributed by atoms with Crippen molar-refractivity contribution in [2.24, 2.45) is 0 Å². The standard InChI is InChI=1S/C21H12N.C14H12N2O2.Ir/c1-2-7-14(8-3-1)20-13-18-16-10-5-4-9-15(16)17-11-6-12-19(22-20)21(17)18;1-17-11-5-7-15-13-9(11)3-4-10-12(18-2)6-8-16-14(10)13;/h1-7,9-13H;3-8H,1-2H3;/q-1;;. The van der Waals surface area contributed by atoms with Crippen molar-refractivity contribution in [2.45, 2.75) is 0 Å². The first-order chi connectivity index (χ1) is 19.8. The molecule has 0 fully saturated rings. The molecule has 5 nitrogen and oxygen atoms in total. The van der Waals surface area contributed by atoms with Crippen LogP contribution in [0.4, 0.5) is 0 Å². The van der Waals surface area contributed by atoms with Gasteiger partial charge in [-0.2, -0.15) is 0 Å². The smallest absolute Gasteiger partial charge is 0.129 e. The van der Waals surface area contributed by atoms with Gasteiger partial charge >= 0.3 is 0 Å². The van der Waals surface area contributed by atoms with Crippen LogP contribution in [-0.2, 0) is 20.1 Å². The molecule has 0 bridgehead atoms. The third-order valence-electron chi connectivity index (χ3n) is 7.31. The Balaban J connectivity index is 0.000000147. The van der Waals surface area contributed by atoms with E-state index >= 15 is 0 Å². The molecule has 0 saturated carbocycles. The minimum absolute atomic E-state index is 0. The molecule has 0 saturated heterocycles. The van der Waals surface area contributed by atoms with E-state index in [0.29, 0.717) is 0 Å². The Bertz CT molecular complexity index is 1980. The topological polar surface area (TPSA) is 57.1 Å². The summed E-state index contributed by atoms with van der Waals surface area (Å²) in [7, 11) is 3.30. The molecule has 6 heteroatoms. The number of hydrogen-bond donors (Lipinski definition) is 0. The summed E-state index contributed by atoms with van der Waals surface area (Å²) in [5.74, 6) is 1.60. The predicted octanol–water partition coefficient (Wildman–Crippen LogP) is 8.15. The minimum atomic E-state index is 0. The van der Waals surface area contributed by atoms with Gasteiger partial charge in [0.15, 0.2) is 0 Å². The van der Waals surface area contributed by atoms with Crippen molar-refractivity contribution in [1.82, 2.24) is 15.0 Å². The summed E-state index contributed by atoms with van der Waals surface area (Å²) in [5.41, 5.74) is 9.90. The van der Waals surface area contributed by atoms with Crippen LogP contribution in [0.3, 0.4) is 0 Å². The molecule has 0 unspecified atom stereocenters. The number of ether oxygens (including phenoxy) is 2. The number of nitrogens with zero attached hydrogens (tertiary/aromatic N) is 3. The van der Waals surface area contributed by atoms with Gasteiger partial charge < -0.3 is 9.47 Å². The van der Waals surface area contributed by atoms with Crippen LogP contribution in [0.5, 0.6) is 11.5 Å². The molecule has 8 rings (SSSR count). The SMILES string of the molecule is COc1ccnc2c1ccc1c(OC)ccnc12.[Ir].[c-]1ccccc1-c1cc2c3c(cccc3n1)-c1ccccc1-2. The summed E-state index contributed by atoms with van der Waals surface area (Å²) in [6, 6.07) is 36.1. The largest absolute Gasteiger partial charge is 0.496 e. The van der Waals surface area contributed by atoms with E-state index in [-0.39, 0.29) is 20.1 Å². The van der Waals surface area contributed by atoms with Gasteiger partial charge in [-0.15, -0.1) is 35.9 Å². The number of rotatable bonds is 3. The summed E-state index contributed by atoms with van der Waals surface area (Å²) in [5, 5.41) is 3.17. The van der Waals surface area contributed by atoms with Crippen LogP contribution in [-0.4, -0.2) is 29.2 Å². The van der Waals surface area contributed by atoms with Gasteiger partial charge in [-0.3, -0.25) is 15.0 Å². The zero-order valence-electron chi connectivity index (χ0n) is 22.4. The van der Waals surface area contributed by atoms with Crippen LogP contribution in [0.25, 0.3) is 66.2 Å². The molecule has 0 aliphatic heterocycles. The third kappa shape index (κ3) is 4.51. The van der Waals surface area contributed by atoms with Gasteiger partial charge in [0.1, 0.15) is 22.5 Å². The second-order valence-corrected chi connectivity index (χ2v) is 9.46. The van der Waals surface area contributed by atoms with E-state index in [1.165, 1.54) is 27.6 Å². The van der Waals surface area contributed by atoms with Crippen molar-refractivity contribution < 1.29 is 29.6 Å². The van der Waals surface area contributed by atoms with Gasteiger partial charge in [-0.25, -0.2) is 0 Å². The second kappa shape index (κ2) is 11.1. The first kappa shape index (κ1) is 26.6. The van der Waals surface area contributed by atoms with Crippen molar-refractivity contribution in [3.63, 3.8) is 0 Å². The van der Waals surface area contributed by atoms with E-state index in [1.54, 1.807) is 26.6 Å². The van der Waals surface area contributed by atoms with Crippen LogP contribution in [0, 0.1) is 6.07 Å². The number of pyridine rings is 3. The van der Waals surface area contributed by atoms with Gasteiger partial charge in [-0.05, 0) is 58.3 Å². The number of methoxy groups -OCH3 is 2. The Kier molecular flexibility index (Phi) is 7.19. The maximum atomic E-state index is 5.33. The molecule has 1 radical (unpaired) electrons. The average Bonchev–Trinajstić information content (AvgIpc) is 3.36. The Labute approximate surface area is 251 Å². The molecule has 3 heterocycles. The molecule has 7 aromatic rings. The first-order valence-corrected chi connectivity index (χ1v) is 13.0. The molecule has 3 aromatic heterocycles. The first-order valence-electron chi connectivity index (χ1n) is 13.0. The fraction of sp³-hybridized carbons (Fsp3) is 0.0571. The zero-order valence-corrected chi connectivity index (χ0v) is 24.8. The molecular weight excluding hydrogens is 687 g/mol. The van der Waals surface area contributed by atoms with E-state index in [0.717, 1.165) is 50.1 Å². The molecule has 201 valence electrons. The van der Waals surface area contributed by atoms with E-state index in [4.69, 9.17) is 14.5 Å². The van der Waals surface area contributed by atoms with Gasteiger partial charge in [0.2, 0.25) is 0 Å². The van der Waals surface area contributed by atoms with Gasteiger partial charge in [0.05, 0.1) is 19.7 Å². The monoisotopic (exact) mass is 711 g/mol. The number of fused-ring (bicyclic) bond motifs is 6. The Hall–Kier alpha value is -4.64. The van der Waals surface area contributed by atoms with Crippen molar-refractivity contribution in [3.05, 3.63) is 116 Å². The predicted molar refractivity (Wildman–Crippen MR) is 161 cm³/mol. The fourth-order valence-electron chi connectivity index (χ4n) is 5.50. The maximum Gasteiger partial charge on any atom is 0.129 e. The molecule has 4 aromatic carbocycles. The molecule has 0 amide bonds. The average molecular weight is 711 g/mol. The third-order valence-corrected chi connectivity index (χ3v) is 7.31. The van der Waals surface area contributed by atoms with Crippen molar-refractivity contribution in [3.8, 4) is 45.0 Å². The molecule has 0 atom stereocenters. The molecule has 0 spiro atoms. The Morgan fingerprint density at radius 2 is 1.22 bits per heavy atom. The quantitative estimate of drug-likeness (QED) is 0.137. The number of aromatic nitrogens is 3. The molecule has 41 heavy (non-hydrogen) atoms. The normalized spacial score (nSPS) is 11.0. The van der Waals surface area contributed by atoms with E-state index in [2.05, 4.69) is 70.6 Å². The van der Waals surface area contributed by atoms with Gasteiger partial charge in [0, 0.05) is 48.7 Å². The molecule has 1 aliphatic carbocycles. The minimum Gasteiger partial charge on any atom is -0.496 e. The van der Waals surface area contributed by atoms with Crippen molar-refractivity contribution in [2.75, 3.05) is 14.2 Å². The van der Waals surface area contributed by atoms with Crippen LogP contribution in [0.2, 0.25) is 0 Å². The van der Waals surface area contributed by atoms with Crippen LogP contribution < -0.4 is 9.47 Å². The van der Waals surface area contributed by atoms with Crippen LogP contribution in [0.1, 0.15) is 0 Å². The van der Waals surface area contributed by atoms with Gasteiger partial charge in [0.25, 0.3) is 0 Å². The fourth-order valence-corrected chi connectivity index (χ4v) is 5.50. The Morgan fingerprint density at radius 3 is 1.83 bits per heavy atom.